The summed E-state index contributed by atoms with van der Waals surface area (Å²) >= 11 is 0. The number of nitrogens with zero attached hydrogens (tertiary/aromatic N) is 1. The summed E-state index contributed by atoms with van der Waals surface area (Å²) in [6.07, 6.45) is -3.22. The van der Waals surface area contributed by atoms with Gasteiger partial charge in [-0.25, -0.2) is 4.98 Å². The summed E-state index contributed by atoms with van der Waals surface area (Å²) in [5.41, 5.74) is 6.49. The van der Waals surface area contributed by atoms with Gasteiger partial charge in [-0.05, 0) is 18.2 Å². The molecule has 3 N–H and O–H groups in total. The molecule has 0 aliphatic carbocycles. The number of anilines is 3. The van der Waals surface area contributed by atoms with Gasteiger partial charge in [0.15, 0.2) is 0 Å². The highest BCUT2D eigenvalue weighted by Gasteiger charge is 2.31. The standard InChI is InChI=1S/C12H10F3N3O/c13-12(14,15)19-10-3-1-2-9(7-10)18-11-6-8(16)4-5-17-11/h1-7H,(H3,16,17,18). The van der Waals surface area contributed by atoms with E-state index >= 15 is 0 Å². The van der Waals surface area contributed by atoms with Crippen LogP contribution in [0.2, 0.25) is 0 Å². The van der Waals surface area contributed by atoms with E-state index in [1.54, 1.807) is 18.2 Å². The highest BCUT2D eigenvalue weighted by atomic mass is 19.4. The highest BCUT2D eigenvalue weighted by molar-refractivity contribution is 5.60. The van der Waals surface area contributed by atoms with Gasteiger partial charge in [-0.3, -0.25) is 0 Å². The minimum atomic E-state index is -4.71. The number of benzene rings is 1. The fraction of sp³-hybridized carbons (Fsp3) is 0.0833. The van der Waals surface area contributed by atoms with Gasteiger partial charge < -0.3 is 15.8 Å². The first kappa shape index (κ1) is 13.0. The number of hydrogen-bond acceptors (Lipinski definition) is 4. The molecular formula is C12H10F3N3O. The SMILES string of the molecule is Nc1ccnc(Nc2cccc(OC(F)(F)F)c2)c1. The van der Waals surface area contributed by atoms with E-state index in [2.05, 4.69) is 15.0 Å². The second-order valence-electron chi connectivity index (χ2n) is 3.68. The van der Waals surface area contributed by atoms with Crippen LogP contribution in [0.1, 0.15) is 0 Å². The first-order valence-corrected chi connectivity index (χ1v) is 5.27. The van der Waals surface area contributed by atoms with Crippen molar-refractivity contribution in [2.45, 2.75) is 6.36 Å². The Balaban J connectivity index is 2.15. The third-order valence-corrected chi connectivity index (χ3v) is 2.12. The molecule has 19 heavy (non-hydrogen) atoms. The van der Waals surface area contributed by atoms with Gasteiger partial charge in [-0.1, -0.05) is 6.07 Å². The predicted molar refractivity (Wildman–Crippen MR) is 65.1 cm³/mol. The van der Waals surface area contributed by atoms with Crippen LogP contribution < -0.4 is 15.8 Å². The number of alkyl halides is 3. The summed E-state index contributed by atoms with van der Waals surface area (Å²) in [7, 11) is 0. The van der Waals surface area contributed by atoms with Crippen LogP contribution in [0.25, 0.3) is 0 Å². The van der Waals surface area contributed by atoms with Crippen molar-refractivity contribution in [1.82, 2.24) is 4.98 Å². The molecule has 2 aromatic rings. The summed E-state index contributed by atoms with van der Waals surface area (Å²) < 4.78 is 40.1. The first-order chi connectivity index (χ1) is 8.92. The molecule has 1 aromatic heterocycles. The molecule has 2 rings (SSSR count). The van der Waals surface area contributed by atoms with Crippen LogP contribution in [-0.4, -0.2) is 11.3 Å². The maximum Gasteiger partial charge on any atom is 0.573 e. The molecule has 100 valence electrons. The summed E-state index contributed by atoms with van der Waals surface area (Å²) in [5.74, 6) is 0.130. The Kier molecular flexibility index (Phi) is 3.46. The Hall–Kier alpha value is -2.44. The number of ether oxygens (including phenoxy) is 1. The van der Waals surface area contributed by atoms with E-state index in [0.29, 0.717) is 17.2 Å². The number of aromatic nitrogens is 1. The van der Waals surface area contributed by atoms with Gasteiger partial charge in [-0.15, -0.1) is 13.2 Å². The van der Waals surface area contributed by atoms with Crippen molar-refractivity contribution in [3.63, 3.8) is 0 Å². The summed E-state index contributed by atoms with van der Waals surface area (Å²) in [4.78, 5) is 3.98. The summed E-state index contributed by atoms with van der Waals surface area (Å²) in [6, 6.07) is 8.64. The van der Waals surface area contributed by atoms with Gasteiger partial charge in [0.1, 0.15) is 11.6 Å². The molecule has 0 aliphatic rings. The van der Waals surface area contributed by atoms with E-state index < -0.39 is 6.36 Å². The number of nitrogens with one attached hydrogen (secondary N) is 1. The molecule has 0 saturated carbocycles. The van der Waals surface area contributed by atoms with Gasteiger partial charge in [0.05, 0.1) is 0 Å². The molecule has 0 aliphatic heterocycles. The fourth-order valence-electron chi connectivity index (χ4n) is 1.43. The second kappa shape index (κ2) is 5.05. The number of nitrogens with two attached hydrogens (primary N) is 1. The molecule has 1 heterocycles. The number of halogens is 3. The van der Waals surface area contributed by atoms with Crippen molar-refractivity contribution in [2.75, 3.05) is 11.1 Å². The molecule has 1 aromatic carbocycles. The number of nitrogen functional groups attached to an aromatic ring is 1. The quantitative estimate of drug-likeness (QED) is 0.897. The number of pyridine rings is 1. The normalized spacial score (nSPS) is 11.1. The third kappa shape index (κ3) is 4.06. The van der Waals surface area contributed by atoms with Crippen LogP contribution in [0.15, 0.2) is 42.6 Å². The number of rotatable bonds is 3. The zero-order chi connectivity index (χ0) is 13.9. The van der Waals surface area contributed by atoms with Crippen LogP contribution in [0.5, 0.6) is 5.75 Å². The van der Waals surface area contributed by atoms with Gasteiger partial charge in [0, 0.05) is 29.7 Å². The fourth-order valence-corrected chi connectivity index (χ4v) is 1.43. The molecule has 0 unspecified atom stereocenters. The van der Waals surface area contributed by atoms with E-state index in [1.807, 2.05) is 0 Å². The van der Waals surface area contributed by atoms with Crippen LogP contribution in [0.4, 0.5) is 30.4 Å². The Labute approximate surface area is 107 Å². The van der Waals surface area contributed by atoms with E-state index in [1.165, 1.54) is 24.4 Å². The van der Waals surface area contributed by atoms with E-state index in [9.17, 15) is 13.2 Å². The lowest BCUT2D eigenvalue weighted by atomic mass is 10.3. The van der Waals surface area contributed by atoms with Gasteiger partial charge in [-0.2, -0.15) is 0 Å². The lowest BCUT2D eigenvalue weighted by Gasteiger charge is -2.11. The van der Waals surface area contributed by atoms with Crippen molar-refractivity contribution in [3.05, 3.63) is 42.6 Å². The average molecular weight is 269 g/mol. The molecule has 4 nitrogen and oxygen atoms in total. The molecule has 0 bridgehead atoms. The molecule has 7 heteroatoms. The predicted octanol–water partition coefficient (Wildman–Crippen LogP) is 3.31. The van der Waals surface area contributed by atoms with E-state index in [-0.39, 0.29) is 5.75 Å². The lowest BCUT2D eigenvalue weighted by Crippen LogP contribution is -2.17. The molecule has 0 fully saturated rings. The van der Waals surface area contributed by atoms with Crippen LogP contribution in [0.3, 0.4) is 0 Å². The van der Waals surface area contributed by atoms with Crippen LogP contribution >= 0.6 is 0 Å². The maximum atomic E-state index is 12.1. The lowest BCUT2D eigenvalue weighted by molar-refractivity contribution is -0.274. The van der Waals surface area contributed by atoms with Gasteiger partial charge >= 0.3 is 6.36 Å². The third-order valence-electron chi connectivity index (χ3n) is 2.12. The topological polar surface area (TPSA) is 60.2 Å². The van der Waals surface area contributed by atoms with Crippen molar-refractivity contribution in [1.29, 1.82) is 0 Å². The zero-order valence-corrected chi connectivity index (χ0v) is 9.61. The van der Waals surface area contributed by atoms with Gasteiger partial charge in [0.2, 0.25) is 0 Å². The minimum Gasteiger partial charge on any atom is -0.406 e. The van der Waals surface area contributed by atoms with Gasteiger partial charge in [0.25, 0.3) is 0 Å². The van der Waals surface area contributed by atoms with E-state index in [0.717, 1.165) is 0 Å². The largest absolute Gasteiger partial charge is 0.573 e. The molecule has 0 amide bonds. The Morgan fingerprint density at radius 1 is 1.16 bits per heavy atom. The average Bonchev–Trinajstić information content (AvgIpc) is 2.27. The van der Waals surface area contributed by atoms with E-state index in [4.69, 9.17) is 5.73 Å². The monoisotopic (exact) mass is 269 g/mol. The molecule has 0 radical (unpaired) electrons. The first-order valence-electron chi connectivity index (χ1n) is 5.27. The molecule has 0 saturated heterocycles. The van der Waals surface area contributed by atoms with Crippen molar-refractivity contribution in [2.24, 2.45) is 0 Å². The number of hydrogen-bond donors (Lipinski definition) is 2. The van der Waals surface area contributed by atoms with Crippen molar-refractivity contribution >= 4 is 17.2 Å². The van der Waals surface area contributed by atoms with Crippen molar-refractivity contribution < 1.29 is 17.9 Å². The maximum absolute atomic E-state index is 12.1. The molecule has 0 atom stereocenters. The zero-order valence-electron chi connectivity index (χ0n) is 9.61. The smallest absolute Gasteiger partial charge is 0.406 e. The Morgan fingerprint density at radius 3 is 2.63 bits per heavy atom. The van der Waals surface area contributed by atoms with Crippen LogP contribution in [-0.2, 0) is 0 Å². The second-order valence-corrected chi connectivity index (χ2v) is 3.68. The van der Waals surface area contributed by atoms with Crippen LogP contribution in [0, 0.1) is 0 Å². The minimum absolute atomic E-state index is 0.304. The molecule has 0 spiro atoms. The molecular weight excluding hydrogens is 259 g/mol. The Bertz CT molecular complexity index is 572. The summed E-state index contributed by atoms with van der Waals surface area (Å²) in [5, 5.41) is 2.83. The highest BCUT2D eigenvalue weighted by Crippen LogP contribution is 2.26. The summed E-state index contributed by atoms with van der Waals surface area (Å²) in [6.45, 7) is 0. The van der Waals surface area contributed by atoms with Crippen molar-refractivity contribution in [3.8, 4) is 5.75 Å². The Morgan fingerprint density at radius 2 is 1.95 bits per heavy atom.